The van der Waals surface area contributed by atoms with Crippen molar-refractivity contribution in [2.24, 2.45) is 5.41 Å². The molecule has 0 spiro atoms. The van der Waals surface area contributed by atoms with E-state index in [0.717, 1.165) is 28.1 Å². The Morgan fingerprint density at radius 3 is 1.51 bits per heavy atom. The van der Waals surface area contributed by atoms with Gasteiger partial charge in [0.25, 0.3) is 0 Å². The van der Waals surface area contributed by atoms with Crippen molar-refractivity contribution in [1.82, 2.24) is 4.57 Å². The fourth-order valence-electron chi connectivity index (χ4n) is 7.37. The smallest absolute Gasteiger partial charge is 0.168 e. The molecule has 1 unspecified atom stereocenters. The summed E-state index contributed by atoms with van der Waals surface area (Å²) in [6.45, 7) is 4.65. The lowest BCUT2D eigenvalue weighted by Crippen LogP contribution is -2.46. The predicted octanol–water partition coefficient (Wildman–Crippen LogP) is 9.37. The van der Waals surface area contributed by atoms with E-state index in [0.29, 0.717) is 6.42 Å². The quantitative estimate of drug-likeness (QED) is 0.196. The summed E-state index contributed by atoms with van der Waals surface area (Å²) in [6.07, 6.45) is 3.77. The predicted molar refractivity (Wildman–Crippen MR) is 175 cm³/mol. The number of rotatable bonds is 5. The number of para-hydroxylation sites is 2. The van der Waals surface area contributed by atoms with Gasteiger partial charge in [-0.3, -0.25) is 0 Å². The number of fused-ring (bicyclic) bond motifs is 3. The van der Waals surface area contributed by atoms with Crippen LogP contribution in [0.5, 0.6) is 0 Å². The van der Waals surface area contributed by atoms with E-state index in [-0.39, 0.29) is 5.41 Å². The highest BCUT2D eigenvalue weighted by atomic mass is 31.2. The first-order chi connectivity index (χ1) is 20.0. The molecule has 0 bridgehead atoms. The Bertz CT molecular complexity index is 1840. The number of aromatic nitrogens is 1. The average molecular weight is 552 g/mol. The van der Waals surface area contributed by atoms with Gasteiger partial charge in [0.1, 0.15) is 5.28 Å². The van der Waals surface area contributed by atoms with Crippen molar-refractivity contribution in [2.75, 3.05) is 0 Å². The zero-order valence-electron chi connectivity index (χ0n) is 23.6. The summed E-state index contributed by atoms with van der Waals surface area (Å²) in [7, 11) is -3.31. The van der Waals surface area contributed by atoms with Gasteiger partial charge in [-0.15, -0.1) is 0 Å². The maximum absolute atomic E-state index is 16.6. The van der Waals surface area contributed by atoms with Gasteiger partial charge in [-0.2, -0.15) is 0 Å². The normalized spacial score (nSPS) is 18.8. The Hall–Kier alpha value is -4.13. The van der Waals surface area contributed by atoms with Gasteiger partial charge in [0, 0.05) is 21.4 Å². The summed E-state index contributed by atoms with van der Waals surface area (Å²) < 4.78 is 19.0. The minimum Gasteiger partial charge on any atom is -0.326 e. The van der Waals surface area contributed by atoms with Gasteiger partial charge in [-0.05, 0) is 41.5 Å². The van der Waals surface area contributed by atoms with Crippen LogP contribution < -0.4 is 10.6 Å². The fourth-order valence-corrected chi connectivity index (χ4v) is 11.3. The summed E-state index contributed by atoms with van der Waals surface area (Å²) in [4.78, 5) is 0. The summed E-state index contributed by atoms with van der Waals surface area (Å²) in [5, 5.41) is 3.47. The molecule has 1 heterocycles. The van der Waals surface area contributed by atoms with E-state index in [9.17, 15) is 0 Å². The average Bonchev–Trinajstić information content (AvgIpc) is 3.36. The summed E-state index contributed by atoms with van der Waals surface area (Å²) in [6, 6.07) is 48.4. The van der Waals surface area contributed by atoms with Crippen molar-refractivity contribution in [3.8, 4) is 0 Å². The van der Waals surface area contributed by atoms with Crippen LogP contribution in [0.15, 0.2) is 146 Å². The lowest BCUT2D eigenvalue weighted by Gasteiger charge is -2.50. The largest absolute Gasteiger partial charge is 0.326 e. The molecule has 0 N–H and O–H groups in total. The first-order valence-corrected chi connectivity index (χ1v) is 16.1. The molecule has 7 rings (SSSR count). The van der Waals surface area contributed by atoms with Crippen LogP contribution in [0.2, 0.25) is 0 Å². The van der Waals surface area contributed by atoms with E-state index in [1.165, 1.54) is 21.9 Å². The Morgan fingerprint density at radius 1 is 0.585 bits per heavy atom. The van der Waals surface area contributed by atoms with Crippen LogP contribution in [0, 0.1) is 5.41 Å². The third-order valence-corrected chi connectivity index (χ3v) is 12.8. The van der Waals surface area contributed by atoms with Crippen LogP contribution in [0.1, 0.15) is 32.3 Å². The molecule has 6 aromatic rings. The molecule has 1 atom stereocenters. The van der Waals surface area contributed by atoms with E-state index >= 15 is 4.57 Å². The van der Waals surface area contributed by atoms with Crippen molar-refractivity contribution in [1.29, 1.82) is 0 Å². The zero-order valence-corrected chi connectivity index (χ0v) is 24.5. The SMILES string of the molecule is CC1(C)CC(n2c3ccccc3c3ccccc32)(P(=O)(c2ccccc2)c2ccccc2)CC=C1c1ccccc1. The van der Waals surface area contributed by atoms with Crippen LogP contribution in [0.3, 0.4) is 0 Å². The number of nitrogens with zero attached hydrogens (tertiary/aromatic N) is 1. The first-order valence-electron chi connectivity index (χ1n) is 14.4. The molecule has 202 valence electrons. The van der Waals surface area contributed by atoms with Gasteiger partial charge < -0.3 is 9.13 Å². The van der Waals surface area contributed by atoms with Gasteiger partial charge in [-0.25, -0.2) is 0 Å². The van der Waals surface area contributed by atoms with E-state index in [4.69, 9.17) is 0 Å². The maximum atomic E-state index is 16.6. The molecular formula is C38H34NOP. The molecule has 0 saturated heterocycles. The monoisotopic (exact) mass is 551 g/mol. The molecule has 0 saturated carbocycles. The standard InChI is InChI=1S/C38H34NOP/c1-37(2)28-38(27-26-34(37)29-16-6-3-7-17-29,39-35-24-14-12-22-32(35)33-23-13-15-25-36(33)39)41(40,30-18-8-4-9-19-30)31-20-10-5-11-21-31/h3-26H,27-28H2,1-2H3. The van der Waals surface area contributed by atoms with Crippen molar-refractivity contribution >= 4 is 45.1 Å². The lowest BCUT2D eigenvalue weighted by molar-refractivity contribution is 0.286. The second kappa shape index (κ2) is 9.75. The Kier molecular flexibility index (Phi) is 6.14. The van der Waals surface area contributed by atoms with Crippen molar-refractivity contribution in [2.45, 2.75) is 32.0 Å². The maximum Gasteiger partial charge on any atom is 0.168 e. The van der Waals surface area contributed by atoms with Crippen molar-refractivity contribution in [3.05, 3.63) is 151 Å². The molecule has 3 heteroatoms. The highest BCUT2D eigenvalue weighted by Crippen LogP contribution is 2.69. The van der Waals surface area contributed by atoms with Crippen LogP contribution in [-0.2, 0) is 9.85 Å². The molecule has 1 aliphatic rings. The van der Waals surface area contributed by atoms with E-state index in [1.807, 2.05) is 36.4 Å². The Morgan fingerprint density at radius 2 is 1.02 bits per heavy atom. The van der Waals surface area contributed by atoms with Crippen LogP contribution >= 0.6 is 7.14 Å². The third-order valence-electron chi connectivity index (χ3n) is 8.99. The second-order valence-corrected chi connectivity index (χ2v) is 15.0. The zero-order chi connectivity index (χ0) is 28.1. The third kappa shape index (κ3) is 3.89. The Labute approximate surface area is 242 Å². The van der Waals surface area contributed by atoms with E-state index in [2.05, 4.69) is 128 Å². The summed E-state index contributed by atoms with van der Waals surface area (Å²) in [5.74, 6) is 0. The molecule has 0 radical (unpaired) electrons. The molecule has 5 aromatic carbocycles. The minimum atomic E-state index is -3.31. The van der Waals surface area contributed by atoms with Gasteiger partial charge in [0.2, 0.25) is 0 Å². The van der Waals surface area contributed by atoms with Gasteiger partial charge in [-0.1, -0.05) is 147 Å². The molecule has 0 fully saturated rings. The van der Waals surface area contributed by atoms with Gasteiger partial charge in [0.05, 0.1) is 11.0 Å². The highest BCUT2D eigenvalue weighted by Gasteiger charge is 2.56. The van der Waals surface area contributed by atoms with Gasteiger partial charge in [0.15, 0.2) is 7.14 Å². The first kappa shape index (κ1) is 25.8. The molecular weight excluding hydrogens is 517 g/mol. The van der Waals surface area contributed by atoms with E-state index in [1.54, 1.807) is 0 Å². The highest BCUT2D eigenvalue weighted by molar-refractivity contribution is 7.79. The number of hydrogen-bond acceptors (Lipinski definition) is 1. The second-order valence-electron chi connectivity index (χ2n) is 11.9. The van der Waals surface area contributed by atoms with E-state index < -0.39 is 12.4 Å². The van der Waals surface area contributed by atoms with Crippen LogP contribution in [0.4, 0.5) is 0 Å². The molecule has 41 heavy (non-hydrogen) atoms. The molecule has 0 amide bonds. The van der Waals surface area contributed by atoms with Crippen LogP contribution in [0.25, 0.3) is 27.4 Å². The van der Waals surface area contributed by atoms with Crippen molar-refractivity contribution < 1.29 is 4.57 Å². The fraction of sp³-hybridized carbons (Fsp3) is 0.158. The molecule has 1 aromatic heterocycles. The minimum absolute atomic E-state index is 0.245. The number of allylic oxidation sites excluding steroid dienone is 2. The Balaban J connectivity index is 1.64. The lowest BCUT2D eigenvalue weighted by atomic mass is 9.70. The summed E-state index contributed by atoms with van der Waals surface area (Å²) >= 11 is 0. The number of hydrogen-bond donors (Lipinski definition) is 0. The van der Waals surface area contributed by atoms with Gasteiger partial charge >= 0.3 is 0 Å². The number of benzene rings is 5. The topological polar surface area (TPSA) is 22.0 Å². The van der Waals surface area contributed by atoms with Crippen molar-refractivity contribution in [3.63, 3.8) is 0 Å². The molecule has 0 aliphatic heterocycles. The molecule has 1 aliphatic carbocycles. The van der Waals surface area contributed by atoms with Crippen LogP contribution in [-0.4, -0.2) is 4.57 Å². The molecule has 2 nitrogen and oxygen atoms in total. The summed E-state index contributed by atoms with van der Waals surface area (Å²) in [5.41, 5.74) is 4.58.